The Hall–Kier alpha value is -1.30. The summed E-state index contributed by atoms with van der Waals surface area (Å²) < 4.78 is 0. The molecular weight excluding hydrogens is 168 g/mol. The lowest BCUT2D eigenvalue weighted by atomic mass is 9.93. The van der Waals surface area contributed by atoms with Gasteiger partial charge in [-0.1, -0.05) is 61.1 Å². The highest BCUT2D eigenvalue weighted by molar-refractivity contribution is 5.27. The van der Waals surface area contributed by atoms with Gasteiger partial charge in [0.15, 0.2) is 0 Å². The summed E-state index contributed by atoms with van der Waals surface area (Å²) in [6.07, 6.45) is 8.98. The molecule has 14 heavy (non-hydrogen) atoms. The van der Waals surface area contributed by atoms with Crippen molar-refractivity contribution in [3.8, 4) is 0 Å². The van der Waals surface area contributed by atoms with E-state index in [0.717, 1.165) is 6.42 Å². The molecule has 1 unspecified atom stereocenters. The summed E-state index contributed by atoms with van der Waals surface area (Å²) in [6.45, 7) is 2.30. The van der Waals surface area contributed by atoms with E-state index in [1.807, 2.05) is 0 Å². The summed E-state index contributed by atoms with van der Waals surface area (Å²) in [5.74, 6) is 0.641. The predicted molar refractivity (Wildman–Crippen MR) is 61.3 cm³/mol. The van der Waals surface area contributed by atoms with Crippen LogP contribution in [-0.4, -0.2) is 0 Å². The Morgan fingerprint density at radius 2 is 2.00 bits per heavy atom. The second-order valence-corrected chi connectivity index (χ2v) is 3.97. The molecule has 0 N–H and O–H groups in total. The molecule has 0 radical (unpaired) electrons. The topological polar surface area (TPSA) is 0 Å². The smallest absolute Gasteiger partial charge is 0.0132 e. The molecule has 0 aliphatic heterocycles. The Balaban J connectivity index is 1.99. The Morgan fingerprint density at radius 1 is 1.21 bits per heavy atom. The van der Waals surface area contributed by atoms with Gasteiger partial charge < -0.3 is 0 Å². The molecule has 0 spiro atoms. The molecule has 0 aromatic heterocycles. The van der Waals surface area contributed by atoms with E-state index < -0.39 is 0 Å². The quantitative estimate of drug-likeness (QED) is 0.664. The van der Waals surface area contributed by atoms with Gasteiger partial charge in [-0.15, -0.1) is 0 Å². The van der Waals surface area contributed by atoms with Crippen LogP contribution in [0.3, 0.4) is 0 Å². The summed E-state index contributed by atoms with van der Waals surface area (Å²) in [7, 11) is 0. The zero-order valence-electron chi connectivity index (χ0n) is 8.61. The Bertz CT molecular complexity index is 344. The summed E-state index contributed by atoms with van der Waals surface area (Å²) in [5.41, 5.74) is 3.00. The highest BCUT2D eigenvalue weighted by Gasteiger charge is 2.08. The molecule has 0 saturated heterocycles. The molecule has 0 heteroatoms. The highest BCUT2D eigenvalue weighted by Crippen LogP contribution is 2.26. The van der Waals surface area contributed by atoms with E-state index in [-0.39, 0.29) is 0 Å². The van der Waals surface area contributed by atoms with Crippen LogP contribution in [0.25, 0.3) is 0 Å². The van der Waals surface area contributed by atoms with Crippen LogP contribution in [-0.2, 0) is 0 Å². The van der Waals surface area contributed by atoms with Gasteiger partial charge in [0.25, 0.3) is 0 Å². The lowest BCUT2D eigenvalue weighted by molar-refractivity contribution is 0.743. The highest BCUT2D eigenvalue weighted by atomic mass is 14.1. The minimum absolute atomic E-state index is 0.641. The second-order valence-electron chi connectivity index (χ2n) is 3.97. The van der Waals surface area contributed by atoms with Gasteiger partial charge in [0.1, 0.15) is 0 Å². The number of allylic oxidation sites excluding steroid dienone is 4. The molecule has 0 heterocycles. The van der Waals surface area contributed by atoms with E-state index in [1.165, 1.54) is 12.0 Å². The number of rotatable bonds is 3. The SMILES string of the molecule is CC(CC1=CC=CC1)c1ccccc1. The maximum Gasteiger partial charge on any atom is -0.0132 e. The summed E-state index contributed by atoms with van der Waals surface area (Å²) in [5, 5.41) is 0. The van der Waals surface area contributed by atoms with Gasteiger partial charge in [0, 0.05) is 0 Å². The van der Waals surface area contributed by atoms with E-state index in [1.54, 1.807) is 5.57 Å². The Morgan fingerprint density at radius 3 is 2.64 bits per heavy atom. The van der Waals surface area contributed by atoms with Crippen molar-refractivity contribution in [1.29, 1.82) is 0 Å². The van der Waals surface area contributed by atoms with E-state index in [4.69, 9.17) is 0 Å². The van der Waals surface area contributed by atoms with Crippen molar-refractivity contribution < 1.29 is 0 Å². The lowest BCUT2D eigenvalue weighted by Crippen LogP contribution is -1.94. The molecule has 72 valence electrons. The minimum atomic E-state index is 0.641. The minimum Gasteiger partial charge on any atom is -0.0805 e. The molecule has 1 aliphatic rings. The standard InChI is InChI=1S/C14H16/c1-12(11-13-7-5-6-8-13)14-9-3-2-4-10-14/h2-7,9-10,12H,8,11H2,1H3. The fourth-order valence-corrected chi connectivity index (χ4v) is 1.94. The second kappa shape index (κ2) is 4.28. The predicted octanol–water partition coefficient (Wildman–Crippen LogP) is 4.07. The first-order valence-electron chi connectivity index (χ1n) is 5.26. The largest absolute Gasteiger partial charge is 0.0805 e. The van der Waals surface area contributed by atoms with E-state index in [0.29, 0.717) is 5.92 Å². The van der Waals surface area contributed by atoms with Gasteiger partial charge in [-0.3, -0.25) is 0 Å². The first-order chi connectivity index (χ1) is 6.86. The van der Waals surface area contributed by atoms with Crippen LogP contribution >= 0.6 is 0 Å². The van der Waals surface area contributed by atoms with Crippen molar-refractivity contribution in [1.82, 2.24) is 0 Å². The normalized spacial score (nSPS) is 16.8. The number of benzene rings is 1. The van der Waals surface area contributed by atoms with Gasteiger partial charge in [0.2, 0.25) is 0 Å². The van der Waals surface area contributed by atoms with Gasteiger partial charge in [0.05, 0.1) is 0 Å². The van der Waals surface area contributed by atoms with Gasteiger partial charge in [-0.2, -0.15) is 0 Å². The third-order valence-electron chi connectivity index (χ3n) is 2.79. The lowest BCUT2D eigenvalue weighted by Gasteiger charge is -2.12. The summed E-state index contributed by atoms with van der Waals surface area (Å²) in [4.78, 5) is 0. The molecule has 0 nitrogen and oxygen atoms in total. The van der Waals surface area contributed by atoms with Gasteiger partial charge in [-0.05, 0) is 24.3 Å². The molecule has 1 aliphatic carbocycles. The van der Waals surface area contributed by atoms with Crippen LogP contribution < -0.4 is 0 Å². The van der Waals surface area contributed by atoms with Crippen LogP contribution in [0.4, 0.5) is 0 Å². The van der Waals surface area contributed by atoms with Gasteiger partial charge >= 0.3 is 0 Å². The first kappa shape index (κ1) is 9.26. The maximum absolute atomic E-state index is 2.30. The van der Waals surface area contributed by atoms with Crippen LogP contribution in [0.5, 0.6) is 0 Å². The third kappa shape index (κ3) is 2.14. The third-order valence-corrected chi connectivity index (χ3v) is 2.79. The molecular formula is C14H16. The monoisotopic (exact) mass is 184 g/mol. The van der Waals surface area contributed by atoms with E-state index in [2.05, 4.69) is 55.5 Å². The van der Waals surface area contributed by atoms with Gasteiger partial charge in [-0.25, -0.2) is 0 Å². The van der Waals surface area contributed by atoms with Crippen molar-refractivity contribution in [2.75, 3.05) is 0 Å². The molecule has 0 saturated carbocycles. The molecule has 1 aromatic carbocycles. The van der Waals surface area contributed by atoms with Crippen LogP contribution in [0.1, 0.15) is 31.2 Å². The fourth-order valence-electron chi connectivity index (χ4n) is 1.94. The molecule has 1 aromatic rings. The van der Waals surface area contributed by atoms with Crippen LogP contribution in [0.2, 0.25) is 0 Å². The fraction of sp³-hybridized carbons (Fsp3) is 0.286. The molecule has 0 amide bonds. The van der Waals surface area contributed by atoms with Crippen LogP contribution in [0.15, 0.2) is 54.1 Å². The zero-order chi connectivity index (χ0) is 9.80. The molecule has 2 rings (SSSR count). The number of hydrogen-bond acceptors (Lipinski definition) is 0. The van der Waals surface area contributed by atoms with Crippen molar-refractivity contribution in [3.05, 3.63) is 59.7 Å². The Labute approximate surface area is 86.0 Å². The number of hydrogen-bond donors (Lipinski definition) is 0. The van der Waals surface area contributed by atoms with Crippen molar-refractivity contribution in [3.63, 3.8) is 0 Å². The average molecular weight is 184 g/mol. The molecule has 1 atom stereocenters. The van der Waals surface area contributed by atoms with Crippen molar-refractivity contribution in [2.24, 2.45) is 0 Å². The average Bonchev–Trinajstić information content (AvgIpc) is 2.72. The Kier molecular flexibility index (Phi) is 2.83. The zero-order valence-corrected chi connectivity index (χ0v) is 8.61. The maximum atomic E-state index is 2.30. The molecule has 0 bridgehead atoms. The van der Waals surface area contributed by atoms with Crippen molar-refractivity contribution in [2.45, 2.75) is 25.7 Å². The van der Waals surface area contributed by atoms with Crippen LogP contribution in [0, 0.1) is 0 Å². The summed E-state index contributed by atoms with van der Waals surface area (Å²) >= 11 is 0. The first-order valence-corrected chi connectivity index (χ1v) is 5.26. The van der Waals surface area contributed by atoms with E-state index >= 15 is 0 Å². The van der Waals surface area contributed by atoms with E-state index in [9.17, 15) is 0 Å². The molecule has 0 fully saturated rings. The van der Waals surface area contributed by atoms with Crippen molar-refractivity contribution >= 4 is 0 Å². The summed E-state index contributed by atoms with van der Waals surface area (Å²) in [6, 6.07) is 10.7.